The predicted octanol–water partition coefficient (Wildman–Crippen LogP) is 3.92. The summed E-state index contributed by atoms with van der Waals surface area (Å²) in [6, 6.07) is 3.02. The van der Waals surface area contributed by atoms with Crippen LogP contribution in [0.5, 0.6) is 5.75 Å². The molecule has 0 aliphatic carbocycles. The van der Waals surface area contributed by atoms with E-state index in [1.165, 1.54) is 0 Å². The van der Waals surface area contributed by atoms with Gasteiger partial charge in [0.05, 0.1) is 0 Å². The third-order valence-corrected chi connectivity index (χ3v) is 1.88. The van der Waals surface area contributed by atoms with Crippen LogP contribution in [0.25, 0.3) is 0 Å². The smallest absolute Gasteiger partial charge is 0.405 e. The Bertz CT molecular complexity index is 357. The molecule has 1 aromatic carbocycles. The number of alkyl halides is 3. The lowest BCUT2D eigenvalue weighted by atomic mass is 10.0. The number of ether oxygens (including phenoxy) is 1. The molecule has 5 heteroatoms. The highest BCUT2D eigenvalue weighted by molar-refractivity contribution is 5.34. The molecule has 90 valence electrons. The molecular weight excluding hydrogens is 224 g/mol. The molecule has 0 aliphatic heterocycles. The van der Waals surface area contributed by atoms with Gasteiger partial charge in [0.15, 0.2) is 0 Å². The minimum absolute atomic E-state index is 0.123. The second-order valence-electron chi connectivity index (χ2n) is 3.90. The maximum absolute atomic E-state index is 12.9. The van der Waals surface area contributed by atoms with Gasteiger partial charge in [-0.15, -0.1) is 13.2 Å². The fourth-order valence-corrected chi connectivity index (χ4v) is 1.37. The monoisotopic (exact) mass is 236 g/mol. The zero-order valence-corrected chi connectivity index (χ0v) is 8.94. The normalized spacial score (nSPS) is 11.9. The first kappa shape index (κ1) is 12.8. The summed E-state index contributed by atoms with van der Waals surface area (Å²) in [5.74, 6) is -0.773. The topological polar surface area (TPSA) is 9.23 Å². The minimum Gasteiger partial charge on any atom is -0.405 e. The summed E-state index contributed by atoms with van der Waals surface area (Å²) in [6.07, 6.45) is -4.41. The SMILES string of the molecule is CC(C)Cc1cc(F)ccc1OC(F)(F)F. The predicted molar refractivity (Wildman–Crippen MR) is 51.6 cm³/mol. The lowest BCUT2D eigenvalue weighted by Crippen LogP contribution is -2.18. The number of rotatable bonds is 3. The van der Waals surface area contributed by atoms with Crippen molar-refractivity contribution >= 4 is 0 Å². The van der Waals surface area contributed by atoms with Crippen LogP contribution in [0.3, 0.4) is 0 Å². The highest BCUT2D eigenvalue weighted by Crippen LogP contribution is 2.28. The Labute approximate surface area is 91.0 Å². The maximum Gasteiger partial charge on any atom is 0.573 e. The summed E-state index contributed by atoms with van der Waals surface area (Å²) in [5, 5.41) is 0. The Kier molecular flexibility index (Phi) is 3.78. The molecule has 0 bridgehead atoms. The van der Waals surface area contributed by atoms with Crippen molar-refractivity contribution in [1.29, 1.82) is 0 Å². The van der Waals surface area contributed by atoms with Gasteiger partial charge in [0.1, 0.15) is 11.6 Å². The van der Waals surface area contributed by atoms with Crippen LogP contribution in [0.4, 0.5) is 17.6 Å². The third-order valence-electron chi connectivity index (χ3n) is 1.88. The summed E-state index contributed by atoms with van der Waals surface area (Å²) in [4.78, 5) is 0. The number of hydrogen-bond acceptors (Lipinski definition) is 1. The van der Waals surface area contributed by atoms with E-state index in [0.717, 1.165) is 18.2 Å². The Hall–Kier alpha value is -1.26. The maximum atomic E-state index is 12.9. The number of benzene rings is 1. The summed E-state index contributed by atoms with van der Waals surface area (Å²) >= 11 is 0. The van der Waals surface area contributed by atoms with E-state index in [1.807, 2.05) is 13.8 Å². The third kappa shape index (κ3) is 4.08. The van der Waals surface area contributed by atoms with E-state index < -0.39 is 12.2 Å². The Morgan fingerprint density at radius 1 is 1.25 bits per heavy atom. The van der Waals surface area contributed by atoms with Gasteiger partial charge in [-0.05, 0) is 36.1 Å². The zero-order chi connectivity index (χ0) is 12.3. The molecule has 0 heterocycles. The lowest BCUT2D eigenvalue weighted by Gasteiger charge is -2.14. The summed E-state index contributed by atoms with van der Waals surface area (Å²) < 4.78 is 52.8. The summed E-state index contributed by atoms with van der Waals surface area (Å²) in [5.41, 5.74) is 0.229. The van der Waals surface area contributed by atoms with Crippen molar-refractivity contribution in [2.75, 3.05) is 0 Å². The second-order valence-corrected chi connectivity index (χ2v) is 3.90. The second kappa shape index (κ2) is 4.72. The fraction of sp³-hybridized carbons (Fsp3) is 0.455. The van der Waals surface area contributed by atoms with Gasteiger partial charge in [0.2, 0.25) is 0 Å². The first-order chi connectivity index (χ1) is 7.28. The Morgan fingerprint density at radius 3 is 2.38 bits per heavy atom. The average Bonchev–Trinajstić information content (AvgIpc) is 2.06. The van der Waals surface area contributed by atoms with Gasteiger partial charge >= 0.3 is 6.36 Å². The fourth-order valence-electron chi connectivity index (χ4n) is 1.37. The Balaban J connectivity index is 2.98. The van der Waals surface area contributed by atoms with Gasteiger partial charge in [0.25, 0.3) is 0 Å². The van der Waals surface area contributed by atoms with Gasteiger partial charge < -0.3 is 4.74 Å². The van der Waals surface area contributed by atoms with Crippen molar-refractivity contribution in [2.45, 2.75) is 26.6 Å². The molecule has 0 saturated carbocycles. The molecule has 0 atom stereocenters. The van der Waals surface area contributed by atoms with E-state index in [0.29, 0.717) is 6.42 Å². The van der Waals surface area contributed by atoms with E-state index in [1.54, 1.807) is 0 Å². The lowest BCUT2D eigenvalue weighted by molar-refractivity contribution is -0.274. The van der Waals surface area contributed by atoms with Crippen molar-refractivity contribution in [3.8, 4) is 5.75 Å². The van der Waals surface area contributed by atoms with E-state index in [9.17, 15) is 17.6 Å². The molecule has 0 aliphatic rings. The minimum atomic E-state index is -4.75. The molecule has 0 spiro atoms. The van der Waals surface area contributed by atoms with Gasteiger partial charge in [-0.25, -0.2) is 4.39 Å². The molecule has 0 fully saturated rings. The average molecular weight is 236 g/mol. The zero-order valence-electron chi connectivity index (χ0n) is 8.94. The molecule has 16 heavy (non-hydrogen) atoms. The molecule has 1 rings (SSSR count). The van der Waals surface area contributed by atoms with Crippen LogP contribution >= 0.6 is 0 Å². The van der Waals surface area contributed by atoms with Crippen LogP contribution < -0.4 is 4.74 Å². The van der Waals surface area contributed by atoms with Gasteiger partial charge in [0, 0.05) is 0 Å². The van der Waals surface area contributed by atoms with Crippen LogP contribution in [0, 0.1) is 11.7 Å². The molecule has 0 aromatic heterocycles. The number of halogens is 4. The summed E-state index contributed by atoms with van der Waals surface area (Å²) in [6.45, 7) is 3.67. The number of hydrogen-bond donors (Lipinski definition) is 0. The highest BCUT2D eigenvalue weighted by atomic mass is 19.4. The van der Waals surface area contributed by atoms with Gasteiger partial charge in [-0.3, -0.25) is 0 Å². The molecule has 0 N–H and O–H groups in total. The Morgan fingerprint density at radius 2 is 1.88 bits per heavy atom. The molecule has 0 unspecified atom stereocenters. The van der Waals surface area contributed by atoms with Crippen molar-refractivity contribution in [3.63, 3.8) is 0 Å². The first-order valence-corrected chi connectivity index (χ1v) is 4.82. The van der Waals surface area contributed by atoms with E-state index in [-0.39, 0.29) is 17.2 Å². The standard InChI is InChI=1S/C11H12F4O/c1-7(2)5-8-6-9(12)3-4-10(8)16-11(13,14)15/h3-4,6-7H,5H2,1-2H3. The quantitative estimate of drug-likeness (QED) is 0.722. The van der Waals surface area contributed by atoms with Crippen LogP contribution in [0.15, 0.2) is 18.2 Å². The van der Waals surface area contributed by atoms with Gasteiger partial charge in [-0.1, -0.05) is 13.8 Å². The van der Waals surface area contributed by atoms with Crippen LogP contribution in [0.1, 0.15) is 19.4 Å². The highest BCUT2D eigenvalue weighted by Gasteiger charge is 2.32. The van der Waals surface area contributed by atoms with Crippen molar-refractivity contribution < 1.29 is 22.3 Å². The van der Waals surface area contributed by atoms with E-state index >= 15 is 0 Å². The molecule has 1 aromatic rings. The van der Waals surface area contributed by atoms with Gasteiger partial charge in [-0.2, -0.15) is 0 Å². The van der Waals surface area contributed by atoms with Crippen molar-refractivity contribution in [1.82, 2.24) is 0 Å². The first-order valence-electron chi connectivity index (χ1n) is 4.82. The molecule has 0 amide bonds. The summed E-state index contributed by atoms with van der Waals surface area (Å²) in [7, 11) is 0. The van der Waals surface area contributed by atoms with E-state index in [2.05, 4.69) is 4.74 Å². The van der Waals surface area contributed by atoms with Crippen molar-refractivity contribution in [3.05, 3.63) is 29.6 Å². The molecular formula is C11H12F4O. The van der Waals surface area contributed by atoms with Crippen LogP contribution in [-0.2, 0) is 6.42 Å². The molecule has 0 saturated heterocycles. The largest absolute Gasteiger partial charge is 0.573 e. The van der Waals surface area contributed by atoms with E-state index in [4.69, 9.17) is 0 Å². The van der Waals surface area contributed by atoms with Crippen LogP contribution in [-0.4, -0.2) is 6.36 Å². The molecule has 1 nitrogen and oxygen atoms in total. The van der Waals surface area contributed by atoms with Crippen LogP contribution in [0.2, 0.25) is 0 Å². The molecule has 0 radical (unpaired) electrons. The van der Waals surface area contributed by atoms with Crippen molar-refractivity contribution in [2.24, 2.45) is 5.92 Å².